The fraction of sp³-hybridized carbons (Fsp3) is 0.364. The zero-order valence-corrected chi connectivity index (χ0v) is 9.77. The van der Waals surface area contributed by atoms with Crippen LogP contribution in [0.2, 0.25) is 5.02 Å². The van der Waals surface area contributed by atoms with Crippen molar-refractivity contribution in [2.45, 2.75) is 19.8 Å². The molecule has 0 aliphatic heterocycles. The number of halogens is 2. The fourth-order valence-electron chi connectivity index (χ4n) is 1.22. The van der Waals surface area contributed by atoms with Crippen LogP contribution in [0, 0.1) is 12.7 Å². The number of nitrogens with two attached hydrogens (primary N) is 1. The van der Waals surface area contributed by atoms with Gasteiger partial charge in [-0.05, 0) is 37.6 Å². The summed E-state index contributed by atoms with van der Waals surface area (Å²) in [5.74, 6) is -0.603. The number of hydrogen-bond acceptors (Lipinski definition) is 2. The van der Waals surface area contributed by atoms with E-state index in [1.54, 1.807) is 6.92 Å². The van der Waals surface area contributed by atoms with Crippen LogP contribution in [0.5, 0.6) is 0 Å². The van der Waals surface area contributed by atoms with Gasteiger partial charge in [0, 0.05) is 6.42 Å². The van der Waals surface area contributed by atoms with E-state index < -0.39 is 5.82 Å². The quantitative estimate of drug-likeness (QED) is 0.855. The highest BCUT2D eigenvalue weighted by molar-refractivity contribution is 6.33. The van der Waals surface area contributed by atoms with Crippen molar-refractivity contribution < 1.29 is 9.18 Å². The lowest BCUT2D eigenvalue weighted by Crippen LogP contribution is -2.14. The minimum Gasteiger partial charge on any atom is -0.330 e. The third-order valence-electron chi connectivity index (χ3n) is 2.13. The summed E-state index contributed by atoms with van der Waals surface area (Å²) in [6, 6.07) is 2.70. The summed E-state index contributed by atoms with van der Waals surface area (Å²) in [6.07, 6.45) is 0.903. The van der Waals surface area contributed by atoms with Gasteiger partial charge in [-0.15, -0.1) is 0 Å². The van der Waals surface area contributed by atoms with E-state index in [1.165, 1.54) is 12.1 Å². The Bertz CT molecular complexity index is 396. The highest BCUT2D eigenvalue weighted by Crippen LogP contribution is 2.25. The van der Waals surface area contributed by atoms with Crippen LogP contribution < -0.4 is 11.1 Å². The topological polar surface area (TPSA) is 55.1 Å². The lowest BCUT2D eigenvalue weighted by molar-refractivity contribution is -0.116. The normalized spacial score (nSPS) is 10.2. The number of anilines is 1. The minimum atomic E-state index is -0.390. The lowest BCUT2D eigenvalue weighted by atomic mass is 10.2. The Hall–Kier alpha value is -1.13. The van der Waals surface area contributed by atoms with Gasteiger partial charge in [0.1, 0.15) is 5.82 Å². The monoisotopic (exact) mass is 244 g/mol. The number of benzene rings is 1. The third kappa shape index (κ3) is 3.47. The Morgan fingerprint density at radius 2 is 2.25 bits per heavy atom. The maximum atomic E-state index is 13.2. The molecule has 88 valence electrons. The molecule has 0 radical (unpaired) electrons. The van der Waals surface area contributed by atoms with Crippen molar-refractivity contribution in [3.05, 3.63) is 28.5 Å². The first-order valence-electron chi connectivity index (χ1n) is 5.00. The zero-order chi connectivity index (χ0) is 12.1. The molecule has 0 atom stereocenters. The third-order valence-corrected chi connectivity index (χ3v) is 2.44. The van der Waals surface area contributed by atoms with Crippen molar-refractivity contribution in [1.82, 2.24) is 0 Å². The highest BCUT2D eigenvalue weighted by Gasteiger charge is 2.08. The van der Waals surface area contributed by atoms with Crippen LogP contribution in [0.3, 0.4) is 0 Å². The van der Waals surface area contributed by atoms with Gasteiger partial charge in [-0.25, -0.2) is 4.39 Å². The van der Waals surface area contributed by atoms with Crippen LogP contribution in [0.25, 0.3) is 0 Å². The van der Waals surface area contributed by atoms with Crippen LogP contribution in [-0.2, 0) is 4.79 Å². The summed E-state index contributed by atoms with van der Waals surface area (Å²) in [7, 11) is 0. The molecule has 16 heavy (non-hydrogen) atoms. The molecule has 3 nitrogen and oxygen atoms in total. The molecule has 0 unspecified atom stereocenters. The Labute approximate surface area is 98.8 Å². The molecule has 0 fully saturated rings. The molecule has 1 aromatic rings. The zero-order valence-electron chi connectivity index (χ0n) is 9.02. The molecule has 1 aromatic carbocycles. The summed E-state index contributed by atoms with van der Waals surface area (Å²) < 4.78 is 13.2. The van der Waals surface area contributed by atoms with Gasteiger partial charge in [0.25, 0.3) is 0 Å². The van der Waals surface area contributed by atoms with Gasteiger partial charge in [-0.1, -0.05) is 11.6 Å². The lowest BCUT2D eigenvalue weighted by Gasteiger charge is -2.08. The van der Waals surface area contributed by atoms with E-state index in [0.29, 0.717) is 35.7 Å². The smallest absolute Gasteiger partial charge is 0.224 e. The Morgan fingerprint density at radius 3 is 2.88 bits per heavy atom. The van der Waals surface area contributed by atoms with Gasteiger partial charge in [-0.2, -0.15) is 0 Å². The van der Waals surface area contributed by atoms with Crippen LogP contribution in [0.4, 0.5) is 10.1 Å². The van der Waals surface area contributed by atoms with Crippen LogP contribution in [0.1, 0.15) is 18.4 Å². The fourth-order valence-corrected chi connectivity index (χ4v) is 1.48. The largest absolute Gasteiger partial charge is 0.330 e. The van der Waals surface area contributed by atoms with Gasteiger partial charge in [0.15, 0.2) is 0 Å². The molecule has 3 N–H and O–H groups in total. The molecule has 0 saturated heterocycles. The average molecular weight is 245 g/mol. The van der Waals surface area contributed by atoms with Crippen molar-refractivity contribution in [3.63, 3.8) is 0 Å². The molecule has 0 saturated carbocycles. The summed E-state index contributed by atoms with van der Waals surface area (Å²) >= 11 is 5.87. The van der Waals surface area contributed by atoms with Crippen molar-refractivity contribution >= 4 is 23.2 Å². The highest BCUT2D eigenvalue weighted by atomic mass is 35.5. The van der Waals surface area contributed by atoms with Crippen LogP contribution >= 0.6 is 11.6 Å². The maximum absolute atomic E-state index is 13.2. The minimum absolute atomic E-state index is 0.212. The molecule has 0 aliphatic rings. The second kappa shape index (κ2) is 5.82. The van der Waals surface area contributed by atoms with Crippen LogP contribution in [0.15, 0.2) is 12.1 Å². The van der Waals surface area contributed by atoms with Gasteiger partial charge in [0.05, 0.1) is 10.7 Å². The van der Waals surface area contributed by atoms with E-state index >= 15 is 0 Å². The van der Waals surface area contributed by atoms with Crippen LogP contribution in [-0.4, -0.2) is 12.5 Å². The molecule has 0 bridgehead atoms. The van der Waals surface area contributed by atoms with Crippen molar-refractivity contribution in [2.75, 3.05) is 11.9 Å². The number of rotatable bonds is 4. The van der Waals surface area contributed by atoms with E-state index in [0.717, 1.165) is 0 Å². The molecule has 0 aliphatic carbocycles. The number of aryl methyl sites for hydroxylation is 1. The summed E-state index contributed by atoms with van der Waals surface area (Å²) in [5, 5.41) is 2.88. The van der Waals surface area contributed by atoms with E-state index in [-0.39, 0.29) is 5.91 Å². The molecule has 0 heterocycles. The first kappa shape index (κ1) is 12.9. The standard InChI is InChI=1S/C11H14ClFN2O/c1-7-5-8(12)10(6-9(7)13)15-11(16)3-2-4-14/h5-6H,2-4,14H2,1H3,(H,15,16). The second-order valence-corrected chi connectivity index (χ2v) is 3.93. The number of hydrogen-bond donors (Lipinski definition) is 2. The first-order chi connectivity index (χ1) is 7.54. The SMILES string of the molecule is Cc1cc(Cl)c(NC(=O)CCCN)cc1F. The summed E-state index contributed by atoms with van der Waals surface area (Å²) in [6.45, 7) is 2.06. The Balaban J connectivity index is 2.73. The molecule has 0 aromatic heterocycles. The van der Waals surface area contributed by atoms with Gasteiger partial charge in [0.2, 0.25) is 5.91 Å². The Morgan fingerprint density at radius 1 is 1.56 bits per heavy atom. The van der Waals surface area contributed by atoms with E-state index in [4.69, 9.17) is 17.3 Å². The van der Waals surface area contributed by atoms with Gasteiger partial charge >= 0.3 is 0 Å². The van der Waals surface area contributed by atoms with E-state index in [2.05, 4.69) is 5.32 Å². The molecule has 5 heteroatoms. The molecule has 1 amide bonds. The predicted molar refractivity (Wildman–Crippen MR) is 63.1 cm³/mol. The van der Waals surface area contributed by atoms with Gasteiger partial charge in [-0.3, -0.25) is 4.79 Å². The predicted octanol–water partition coefficient (Wildman–Crippen LogP) is 2.46. The first-order valence-corrected chi connectivity index (χ1v) is 5.38. The van der Waals surface area contributed by atoms with E-state index in [1.807, 2.05) is 0 Å². The maximum Gasteiger partial charge on any atom is 0.224 e. The summed E-state index contributed by atoms with van der Waals surface area (Å²) in [4.78, 5) is 11.4. The Kier molecular flexibility index (Phi) is 4.71. The average Bonchev–Trinajstić information content (AvgIpc) is 2.23. The number of nitrogens with one attached hydrogen (secondary N) is 1. The molecule has 1 rings (SSSR count). The second-order valence-electron chi connectivity index (χ2n) is 3.52. The van der Waals surface area contributed by atoms with E-state index in [9.17, 15) is 9.18 Å². The molecular weight excluding hydrogens is 231 g/mol. The number of carbonyl (C=O) groups is 1. The number of carbonyl (C=O) groups excluding carboxylic acids is 1. The van der Waals surface area contributed by atoms with Crippen molar-refractivity contribution in [3.8, 4) is 0 Å². The number of amides is 1. The van der Waals surface area contributed by atoms with Gasteiger partial charge < -0.3 is 11.1 Å². The molecule has 0 spiro atoms. The summed E-state index contributed by atoms with van der Waals surface area (Å²) in [5.41, 5.74) is 6.02. The van der Waals surface area contributed by atoms with Crippen molar-refractivity contribution in [2.24, 2.45) is 5.73 Å². The van der Waals surface area contributed by atoms with Crippen molar-refractivity contribution in [1.29, 1.82) is 0 Å². The molecular formula is C11H14ClFN2O.